The van der Waals surface area contributed by atoms with Crippen LogP contribution in [0, 0.1) is 5.41 Å². The first-order valence-electron chi connectivity index (χ1n) is 5.30. The minimum absolute atomic E-state index is 0.00355. The van der Waals surface area contributed by atoms with Crippen LogP contribution >= 0.6 is 0 Å². The second kappa shape index (κ2) is 4.77. The highest BCUT2D eigenvalue weighted by Gasteiger charge is 2.40. The zero-order valence-electron chi connectivity index (χ0n) is 9.69. The molecule has 84 valence electrons. The normalized spacial score (nSPS) is 32.2. The molecule has 4 nitrogen and oxygen atoms in total. The van der Waals surface area contributed by atoms with Gasteiger partial charge in [0.2, 0.25) is 12.2 Å². The van der Waals surface area contributed by atoms with Crippen molar-refractivity contribution in [1.82, 2.24) is 0 Å². The average molecular weight is 218 g/mol. The van der Waals surface area contributed by atoms with Crippen LogP contribution in [0.4, 0.5) is 0 Å². The Hall–Kier alpha value is -1.18. The fourth-order valence-corrected chi connectivity index (χ4v) is 2.75. The van der Waals surface area contributed by atoms with Gasteiger partial charge in [-0.2, -0.15) is 0 Å². The zero-order valence-corrected chi connectivity index (χ0v) is 9.69. The summed E-state index contributed by atoms with van der Waals surface area (Å²) in [5.41, 5.74) is -0.00355. The van der Waals surface area contributed by atoms with E-state index in [0.717, 1.165) is 12.8 Å². The quantitative estimate of drug-likeness (QED) is 0.410. The van der Waals surface area contributed by atoms with Crippen molar-refractivity contribution in [3.05, 3.63) is 0 Å². The Balaban J connectivity index is 2.85. The van der Waals surface area contributed by atoms with Gasteiger partial charge in [-0.1, -0.05) is 13.8 Å². The summed E-state index contributed by atoms with van der Waals surface area (Å²) in [5, 5.41) is -0.565. The lowest BCUT2D eigenvalue weighted by molar-refractivity contribution is 0.175. The summed E-state index contributed by atoms with van der Waals surface area (Å²) in [6.45, 7) is 4.39. The van der Waals surface area contributed by atoms with E-state index in [1.807, 2.05) is 0 Å². The van der Waals surface area contributed by atoms with Gasteiger partial charge in [0, 0.05) is 6.54 Å². The minimum Gasteiger partial charge on any atom is -0.211 e. The van der Waals surface area contributed by atoms with Crippen molar-refractivity contribution in [2.24, 2.45) is 15.4 Å². The van der Waals surface area contributed by atoms with E-state index in [9.17, 15) is 9.59 Å². The van der Waals surface area contributed by atoms with E-state index in [1.165, 1.54) is 6.08 Å². The van der Waals surface area contributed by atoms with Gasteiger partial charge in [0.05, 0.1) is 13.9 Å². The molecule has 0 spiro atoms. The molecule has 0 N–H and O–H groups in total. The van der Waals surface area contributed by atoms with E-state index in [0.29, 0.717) is 6.42 Å². The van der Waals surface area contributed by atoms with Crippen molar-refractivity contribution in [2.75, 3.05) is 6.54 Å². The molecule has 0 aromatic carbocycles. The average Bonchev–Trinajstić information content (AvgIpc) is 2.12. The van der Waals surface area contributed by atoms with Gasteiger partial charge in [0.25, 0.3) is 0 Å². The van der Waals surface area contributed by atoms with Crippen LogP contribution in [0.2, 0.25) is 5.31 Å². The van der Waals surface area contributed by atoms with Crippen molar-refractivity contribution in [3.8, 4) is 0 Å². The number of hydrogen-bond acceptors (Lipinski definition) is 4. The SMILES string of the molecule is [B]C1(CN=C=O)CC(N=C=O)CC(C)(C)C1. The number of isocyanates is 2. The van der Waals surface area contributed by atoms with Crippen LogP contribution in [0.15, 0.2) is 9.98 Å². The summed E-state index contributed by atoms with van der Waals surface area (Å²) < 4.78 is 0. The lowest BCUT2D eigenvalue weighted by atomic mass is 9.53. The number of nitrogens with zero attached hydrogens (tertiary/aromatic N) is 2. The second-order valence-electron chi connectivity index (χ2n) is 5.39. The molecule has 0 aromatic heterocycles. The molecule has 1 fully saturated rings. The minimum atomic E-state index is -0.565. The van der Waals surface area contributed by atoms with Crippen molar-refractivity contribution < 1.29 is 9.59 Å². The van der Waals surface area contributed by atoms with Gasteiger partial charge < -0.3 is 0 Å². The summed E-state index contributed by atoms with van der Waals surface area (Å²) >= 11 is 0. The van der Waals surface area contributed by atoms with Crippen LogP contribution in [0.25, 0.3) is 0 Å². The molecular weight excluding hydrogens is 203 g/mol. The number of carbonyl (C=O) groups excluding carboxylic acids is 2. The first-order valence-corrected chi connectivity index (χ1v) is 5.30. The predicted molar refractivity (Wildman–Crippen MR) is 61.0 cm³/mol. The van der Waals surface area contributed by atoms with Crippen LogP contribution in [-0.4, -0.2) is 32.6 Å². The van der Waals surface area contributed by atoms with E-state index in [-0.39, 0.29) is 18.0 Å². The molecule has 0 aliphatic heterocycles. The van der Waals surface area contributed by atoms with Crippen molar-refractivity contribution in [3.63, 3.8) is 0 Å². The fraction of sp³-hybridized carbons (Fsp3) is 0.818. The zero-order chi connectivity index (χ0) is 12.2. The van der Waals surface area contributed by atoms with E-state index < -0.39 is 5.31 Å². The standard InChI is InChI=1S/C11H15BN2O2/c1-10(2)3-9(14-8-16)4-11(12,5-10)6-13-7-15/h9H,3-6H2,1-2H3. The third-order valence-corrected chi connectivity index (χ3v) is 2.95. The van der Waals surface area contributed by atoms with Crippen LogP contribution in [0.1, 0.15) is 33.1 Å². The third kappa shape index (κ3) is 3.44. The highest BCUT2D eigenvalue weighted by molar-refractivity contribution is 6.15. The molecular formula is C11H15BN2O2. The Morgan fingerprint density at radius 3 is 2.56 bits per heavy atom. The molecule has 0 aromatic rings. The van der Waals surface area contributed by atoms with Gasteiger partial charge in [0.15, 0.2) is 0 Å². The topological polar surface area (TPSA) is 58.9 Å². The molecule has 16 heavy (non-hydrogen) atoms. The monoisotopic (exact) mass is 218 g/mol. The van der Waals surface area contributed by atoms with Crippen LogP contribution in [0.3, 0.4) is 0 Å². The molecule has 2 atom stereocenters. The maximum atomic E-state index is 10.3. The maximum Gasteiger partial charge on any atom is 0.235 e. The van der Waals surface area contributed by atoms with Crippen molar-refractivity contribution in [1.29, 1.82) is 0 Å². The predicted octanol–water partition coefficient (Wildman–Crippen LogP) is 1.56. The van der Waals surface area contributed by atoms with E-state index in [2.05, 4.69) is 23.8 Å². The maximum absolute atomic E-state index is 10.3. The summed E-state index contributed by atoms with van der Waals surface area (Å²) in [7, 11) is 6.18. The summed E-state index contributed by atoms with van der Waals surface area (Å²) in [6, 6.07) is -0.117. The van der Waals surface area contributed by atoms with Gasteiger partial charge in [0.1, 0.15) is 0 Å². The molecule has 5 heteroatoms. The Morgan fingerprint density at radius 2 is 2.00 bits per heavy atom. The summed E-state index contributed by atoms with van der Waals surface area (Å²) in [4.78, 5) is 27.7. The van der Waals surface area contributed by atoms with E-state index in [1.54, 1.807) is 6.08 Å². The second-order valence-corrected chi connectivity index (χ2v) is 5.39. The lowest BCUT2D eigenvalue weighted by Gasteiger charge is -2.44. The summed E-state index contributed by atoms with van der Waals surface area (Å²) in [5.74, 6) is 0. The van der Waals surface area contributed by atoms with Crippen LogP contribution in [-0.2, 0) is 9.59 Å². The number of aliphatic imine (C=N–C) groups is 2. The Labute approximate surface area is 96.6 Å². The molecule has 1 aliphatic rings. The molecule has 2 unspecified atom stereocenters. The molecule has 2 radical (unpaired) electrons. The molecule has 0 amide bonds. The molecule has 0 bridgehead atoms. The molecule has 0 heterocycles. The number of hydrogen-bond donors (Lipinski definition) is 0. The largest absolute Gasteiger partial charge is 0.235 e. The smallest absolute Gasteiger partial charge is 0.211 e. The number of rotatable bonds is 3. The highest BCUT2D eigenvalue weighted by atomic mass is 16.1. The van der Waals surface area contributed by atoms with Gasteiger partial charge in [-0.3, -0.25) is 0 Å². The van der Waals surface area contributed by atoms with E-state index >= 15 is 0 Å². The van der Waals surface area contributed by atoms with Gasteiger partial charge in [-0.05, 0) is 30.0 Å². The molecule has 1 aliphatic carbocycles. The first-order chi connectivity index (χ1) is 7.41. The lowest BCUT2D eigenvalue weighted by Crippen LogP contribution is -2.37. The van der Waals surface area contributed by atoms with Gasteiger partial charge in [-0.25, -0.2) is 19.6 Å². The first kappa shape index (κ1) is 12.9. The highest BCUT2D eigenvalue weighted by Crippen LogP contribution is 2.49. The Bertz CT molecular complexity index is 357. The van der Waals surface area contributed by atoms with Gasteiger partial charge in [-0.15, -0.1) is 0 Å². The van der Waals surface area contributed by atoms with Gasteiger partial charge >= 0.3 is 0 Å². The van der Waals surface area contributed by atoms with Crippen LogP contribution in [0.5, 0.6) is 0 Å². The summed E-state index contributed by atoms with van der Waals surface area (Å²) in [6.07, 6.45) is 5.22. The molecule has 1 rings (SSSR count). The Kier molecular flexibility index (Phi) is 3.85. The Morgan fingerprint density at radius 1 is 1.31 bits per heavy atom. The molecule has 0 saturated heterocycles. The fourth-order valence-electron chi connectivity index (χ4n) is 2.75. The van der Waals surface area contributed by atoms with Crippen molar-refractivity contribution >= 4 is 20.0 Å². The molecule has 1 saturated carbocycles. The van der Waals surface area contributed by atoms with Crippen molar-refractivity contribution in [2.45, 2.75) is 44.5 Å². The van der Waals surface area contributed by atoms with E-state index in [4.69, 9.17) is 7.85 Å². The van der Waals surface area contributed by atoms with Crippen LogP contribution < -0.4 is 0 Å². The third-order valence-electron chi connectivity index (χ3n) is 2.95.